The summed E-state index contributed by atoms with van der Waals surface area (Å²) in [7, 11) is -3.73. The molecule has 0 spiro atoms. The summed E-state index contributed by atoms with van der Waals surface area (Å²) in [5.41, 5.74) is 4.06. The Labute approximate surface area is 111 Å². The Morgan fingerprint density at radius 3 is 2.11 bits per heavy atom. The van der Waals surface area contributed by atoms with Gasteiger partial charge in [-0.05, 0) is 12.1 Å². The number of anilines is 1. The smallest absolute Gasteiger partial charge is 0.265 e. The monoisotopic (exact) mass is 273 g/mol. The number of hydrogen-bond acceptors (Lipinski definition) is 3. The van der Waals surface area contributed by atoms with Gasteiger partial charge in [0.05, 0.1) is 5.69 Å². The number of hydrogen-bond donors (Lipinski definition) is 1. The molecule has 0 atom stereocenters. The van der Waals surface area contributed by atoms with Gasteiger partial charge in [-0.3, -0.25) is 5.43 Å². The van der Waals surface area contributed by atoms with Crippen LogP contribution < -0.4 is 9.84 Å². The van der Waals surface area contributed by atoms with Crippen LogP contribution >= 0.6 is 0 Å². The fourth-order valence-electron chi connectivity index (χ4n) is 1.80. The molecule has 0 bridgehead atoms. The third kappa shape index (κ3) is 2.17. The molecule has 19 heavy (non-hydrogen) atoms. The Bertz CT molecular complexity index is 712. The third-order valence-corrected chi connectivity index (χ3v) is 3.86. The topological polar surface area (TPSA) is 61.8 Å². The average Bonchev–Trinajstić information content (AvgIpc) is 2.77. The van der Waals surface area contributed by atoms with Crippen LogP contribution in [0.25, 0.3) is 0 Å². The molecule has 0 fully saturated rings. The largest absolute Gasteiger partial charge is 0.364 e. The van der Waals surface area contributed by atoms with E-state index in [0.29, 0.717) is 11.5 Å². The highest BCUT2D eigenvalue weighted by molar-refractivity contribution is 7.92. The van der Waals surface area contributed by atoms with Crippen molar-refractivity contribution in [3.05, 3.63) is 66.2 Å². The lowest BCUT2D eigenvalue weighted by atomic mass is 10.2. The molecule has 96 valence electrons. The van der Waals surface area contributed by atoms with E-state index in [2.05, 4.69) is 9.82 Å². The fourth-order valence-corrected chi connectivity index (χ4v) is 2.85. The van der Waals surface area contributed by atoms with Gasteiger partial charge in [0.2, 0.25) is 0 Å². The minimum Gasteiger partial charge on any atom is -0.265 e. The van der Waals surface area contributed by atoms with Crippen LogP contribution in [0, 0.1) is 0 Å². The van der Waals surface area contributed by atoms with E-state index in [4.69, 9.17) is 0 Å². The van der Waals surface area contributed by atoms with Gasteiger partial charge in [0.25, 0.3) is 0 Å². The Balaban J connectivity index is 1.99. The standard InChI is InChI=1S/C13H11N3O2S/c17-19(18)15-13(11-7-3-1-4-8-11)14-16(19)12-9-5-2-6-10-12/h1-10H,(H,14,15). The molecule has 3 rings (SSSR count). The number of amidine groups is 1. The van der Waals surface area contributed by atoms with E-state index in [1.165, 1.54) is 0 Å². The average molecular weight is 273 g/mol. The van der Waals surface area contributed by atoms with Gasteiger partial charge in [-0.15, -0.1) is 4.40 Å². The van der Waals surface area contributed by atoms with Crippen molar-refractivity contribution in [2.24, 2.45) is 4.40 Å². The van der Waals surface area contributed by atoms with Crippen molar-refractivity contribution in [3.8, 4) is 0 Å². The number of nitrogens with one attached hydrogen (secondary N) is 1. The van der Waals surface area contributed by atoms with E-state index >= 15 is 0 Å². The van der Waals surface area contributed by atoms with E-state index in [1.807, 2.05) is 24.3 Å². The van der Waals surface area contributed by atoms with Gasteiger partial charge in [-0.2, -0.15) is 12.8 Å². The fraction of sp³-hybridized carbons (Fsp3) is 0. The first-order valence-electron chi connectivity index (χ1n) is 5.69. The zero-order valence-corrected chi connectivity index (χ0v) is 10.7. The zero-order valence-electron chi connectivity index (χ0n) is 9.89. The van der Waals surface area contributed by atoms with Crippen LogP contribution in [-0.4, -0.2) is 14.3 Å². The molecule has 1 N–H and O–H groups in total. The minimum atomic E-state index is -3.73. The third-order valence-electron chi connectivity index (χ3n) is 2.68. The van der Waals surface area contributed by atoms with E-state index in [1.54, 1.807) is 36.4 Å². The maximum atomic E-state index is 12.0. The van der Waals surface area contributed by atoms with Crippen molar-refractivity contribution < 1.29 is 8.42 Å². The van der Waals surface area contributed by atoms with Crippen LogP contribution in [-0.2, 0) is 10.2 Å². The van der Waals surface area contributed by atoms with E-state index in [-0.39, 0.29) is 0 Å². The molecule has 6 heteroatoms. The quantitative estimate of drug-likeness (QED) is 0.906. The first-order valence-corrected chi connectivity index (χ1v) is 7.09. The first kappa shape index (κ1) is 11.7. The summed E-state index contributed by atoms with van der Waals surface area (Å²) in [6.45, 7) is 0. The molecule has 5 nitrogen and oxygen atoms in total. The highest BCUT2D eigenvalue weighted by atomic mass is 32.2. The molecule has 1 aliphatic rings. The molecular formula is C13H11N3O2S. The second-order valence-corrected chi connectivity index (χ2v) is 5.44. The van der Waals surface area contributed by atoms with Crippen molar-refractivity contribution in [2.45, 2.75) is 0 Å². The SMILES string of the molecule is O=S1(=O)N=C(c2ccccc2)NN1c1ccccc1. The number of para-hydroxylation sites is 1. The highest BCUT2D eigenvalue weighted by Crippen LogP contribution is 2.21. The molecular weight excluding hydrogens is 262 g/mol. The molecule has 1 heterocycles. The highest BCUT2D eigenvalue weighted by Gasteiger charge is 2.30. The van der Waals surface area contributed by atoms with Crippen LogP contribution in [0.3, 0.4) is 0 Å². The van der Waals surface area contributed by atoms with E-state index in [0.717, 1.165) is 9.98 Å². The van der Waals surface area contributed by atoms with E-state index < -0.39 is 10.2 Å². The number of nitrogens with zero attached hydrogens (tertiary/aromatic N) is 2. The molecule has 0 aromatic heterocycles. The molecule has 1 aliphatic heterocycles. The molecule has 2 aromatic rings. The molecule has 0 saturated carbocycles. The Kier molecular flexibility index (Phi) is 2.72. The first-order chi connectivity index (χ1) is 9.17. The second kappa shape index (κ2) is 4.40. The minimum absolute atomic E-state index is 0.324. The van der Waals surface area contributed by atoms with Gasteiger partial charge in [-0.1, -0.05) is 48.5 Å². The lowest BCUT2D eigenvalue weighted by Gasteiger charge is -2.16. The maximum Gasteiger partial charge on any atom is 0.364 e. The van der Waals surface area contributed by atoms with Crippen LogP contribution in [0.5, 0.6) is 0 Å². The summed E-state index contributed by atoms with van der Waals surface area (Å²) in [4.78, 5) is 0. The summed E-state index contributed by atoms with van der Waals surface area (Å²) < 4.78 is 28.9. The van der Waals surface area contributed by atoms with Crippen LogP contribution in [0.1, 0.15) is 5.56 Å². The lowest BCUT2D eigenvalue weighted by molar-refractivity contribution is 0.594. The summed E-state index contributed by atoms with van der Waals surface area (Å²) in [6, 6.07) is 17.9. The van der Waals surface area contributed by atoms with E-state index in [9.17, 15) is 8.42 Å². The summed E-state index contributed by atoms with van der Waals surface area (Å²) in [6.07, 6.45) is 0. The lowest BCUT2D eigenvalue weighted by Crippen LogP contribution is -2.38. The molecule has 0 amide bonds. The Hall–Kier alpha value is -2.34. The second-order valence-electron chi connectivity index (χ2n) is 4.00. The van der Waals surface area contributed by atoms with Crippen molar-refractivity contribution in [2.75, 3.05) is 4.41 Å². The Morgan fingerprint density at radius 2 is 1.47 bits per heavy atom. The zero-order chi connectivity index (χ0) is 13.3. The predicted octanol–water partition coefficient (Wildman–Crippen LogP) is 1.70. The summed E-state index contributed by atoms with van der Waals surface area (Å²) >= 11 is 0. The van der Waals surface area contributed by atoms with Crippen molar-refractivity contribution in [1.29, 1.82) is 0 Å². The van der Waals surface area contributed by atoms with Gasteiger partial charge in [0.1, 0.15) is 0 Å². The Morgan fingerprint density at radius 1 is 0.895 bits per heavy atom. The van der Waals surface area contributed by atoms with Gasteiger partial charge >= 0.3 is 10.2 Å². The summed E-state index contributed by atoms with van der Waals surface area (Å²) in [5, 5.41) is 0. The number of benzene rings is 2. The van der Waals surface area contributed by atoms with Crippen molar-refractivity contribution in [3.63, 3.8) is 0 Å². The molecule has 0 saturated heterocycles. The van der Waals surface area contributed by atoms with Crippen molar-refractivity contribution >= 4 is 21.7 Å². The van der Waals surface area contributed by atoms with Crippen LogP contribution in [0.15, 0.2) is 65.1 Å². The molecule has 0 unspecified atom stereocenters. The number of rotatable bonds is 2. The van der Waals surface area contributed by atoms with Gasteiger partial charge in [0.15, 0.2) is 5.84 Å². The summed E-state index contributed by atoms with van der Waals surface area (Å²) in [5.74, 6) is 0.324. The van der Waals surface area contributed by atoms with Gasteiger partial charge in [-0.25, -0.2) is 0 Å². The van der Waals surface area contributed by atoms with Crippen LogP contribution in [0.2, 0.25) is 0 Å². The molecule has 2 aromatic carbocycles. The molecule has 0 aliphatic carbocycles. The molecule has 0 radical (unpaired) electrons. The normalized spacial score (nSPS) is 16.8. The van der Waals surface area contributed by atoms with Gasteiger partial charge in [0, 0.05) is 5.56 Å². The number of hydrazine groups is 1. The maximum absolute atomic E-state index is 12.0. The van der Waals surface area contributed by atoms with Crippen LogP contribution in [0.4, 0.5) is 5.69 Å². The van der Waals surface area contributed by atoms with Crippen molar-refractivity contribution in [1.82, 2.24) is 5.43 Å². The predicted molar refractivity (Wildman–Crippen MR) is 74.0 cm³/mol. The van der Waals surface area contributed by atoms with Gasteiger partial charge < -0.3 is 0 Å².